The highest BCUT2D eigenvalue weighted by Crippen LogP contribution is 2.36. The van der Waals surface area contributed by atoms with Gasteiger partial charge in [0.25, 0.3) is 6.43 Å². The molecule has 160 valence electrons. The van der Waals surface area contributed by atoms with Crippen LogP contribution in [0.15, 0.2) is 27.8 Å². The molecule has 0 radical (unpaired) electrons. The smallest absolute Gasteiger partial charge is 0.398 e. The lowest BCUT2D eigenvalue weighted by atomic mass is 10.3. The van der Waals surface area contributed by atoms with Gasteiger partial charge in [0.2, 0.25) is 0 Å². The maximum atomic E-state index is 13.9. The number of benzene rings is 1. The summed E-state index contributed by atoms with van der Waals surface area (Å²) in [6.07, 6.45) is -5.84. The minimum absolute atomic E-state index is 0.0132. The largest absolute Gasteiger partial charge is 0.490 e. The van der Waals surface area contributed by atoms with E-state index in [0.29, 0.717) is 18.2 Å². The molecule has 1 aromatic carbocycles. The van der Waals surface area contributed by atoms with Crippen molar-refractivity contribution in [3.05, 3.63) is 39.5 Å². The molecule has 0 spiro atoms. The number of thioether (sulfide) groups is 1. The normalized spacial score (nSPS) is 11.8. The quantitative estimate of drug-likeness (QED) is 0.230. The van der Waals surface area contributed by atoms with Gasteiger partial charge in [-0.3, -0.25) is 0 Å². The Hall–Kier alpha value is -1.40. The topological polar surface area (TPSA) is 47.0 Å². The van der Waals surface area contributed by atoms with Crippen molar-refractivity contribution in [1.29, 1.82) is 0 Å². The van der Waals surface area contributed by atoms with Crippen molar-refractivity contribution >= 4 is 45.1 Å². The number of alkyl halides is 5. The summed E-state index contributed by atoms with van der Waals surface area (Å²) < 4.78 is 81.8. The van der Waals surface area contributed by atoms with Crippen LogP contribution in [0.2, 0.25) is 5.02 Å². The van der Waals surface area contributed by atoms with Crippen molar-refractivity contribution in [1.82, 2.24) is 9.97 Å². The van der Waals surface area contributed by atoms with Gasteiger partial charge in [-0.15, -0.1) is 11.8 Å². The van der Waals surface area contributed by atoms with Crippen molar-refractivity contribution in [3.63, 3.8) is 0 Å². The van der Waals surface area contributed by atoms with Crippen LogP contribution in [0.1, 0.15) is 18.5 Å². The molecule has 13 heteroatoms. The summed E-state index contributed by atoms with van der Waals surface area (Å²) in [4.78, 5) is 7.36. The van der Waals surface area contributed by atoms with Crippen molar-refractivity contribution in [2.45, 2.75) is 23.9 Å². The molecule has 2 rings (SSSR count). The van der Waals surface area contributed by atoms with Crippen LogP contribution in [0, 0.1) is 5.82 Å². The third-order valence-electron chi connectivity index (χ3n) is 3.27. The fourth-order valence-electron chi connectivity index (χ4n) is 2.01. The van der Waals surface area contributed by atoms with Gasteiger partial charge in [-0.1, -0.05) is 11.6 Å². The van der Waals surface area contributed by atoms with Gasteiger partial charge in [0, 0.05) is 11.4 Å². The van der Waals surface area contributed by atoms with E-state index < -0.39 is 29.9 Å². The molecule has 1 heterocycles. The Morgan fingerprint density at radius 1 is 1.24 bits per heavy atom. The lowest BCUT2D eigenvalue weighted by Gasteiger charge is -2.12. The highest BCUT2D eigenvalue weighted by Gasteiger charge is 2.28. The van der Waals surface area contributed by atoms with E-state index in [1.54, 1.807) is 0 Å². The monoisotopic (exact) mass is 523 g/mol. The first-order valence-electron chi connectivity index (χ1n) is 7.92. The molecule has 0 unspecified atom stereocenters. The van der Waals surface area contributed by atoms with Gasteiger partial charge in [0.1, 0.15) is 17.8 Å². The Kier molecular flexibility index (Phi) is 8.71. The summed E-state index contributed by atoms with van der Waals surface area (Å²) in [7, 11) is 0. The average molecular weight is 525 g/mol. The Morgan fingerprint density at radius 2 is 1.97 bits per heavy atom. The van der Waals surface area contributed by atoms with Gasteiger partial charge in [0.15, 0.2) is 11.6 Å². The standard InChI is InChI=1S/C16H13BrClF6N3OS/c17-12-13(14(20)21)26-7-27-15(12)25-2-1-3-28-10-5-11(8(18)4-9(10)19)29-6-16(22,23)24/h4-5,7,14H,1-3,6H2,(H,25,26,27). The zero-order chi connectivity index (χ0) is 21.6. The summed E-state index contributed by atoms with van der Waals surface area (Å²) in [5.74, 6) is -2.05. The van der Waals surface area contributed by atoms with Gasteiger partial charge in [0.05, 0.1) is 21.9 Å². The Bertz CT molecular complexity index is 843. The second-order valence-electron chi connectivity index (χ2n) is 5.47. The zero-order valence-corrected chi connectivity index (χ0v) is 17.5. The molecule has 0 aliphatic heterocycles. The lowest BCUT2D eigenvalue weighted by molar-refractivity contribution is -0.105. The Balaban J connectivity index is 1.88. The lowest BCUT2D eigenvalue weighted by Crippen LogP contribution is -2.11. The molecule has 0 bridgehead atoms. The van der Waals surface area contributed by atoms with Crippen molar-refractivity contribution in [2.75, 3.05) is 24.2 Å². The number of nitrogens with one attached hydrogen (secondary N) is 1. The molecule has 0 amide bonds. The van der Waals surface area contributed by atoms with Gasteiger partial charge in [-0.2, -0.15) is 13.2 Å². The van der Waals surface area contributed by atoms with Gasteiger partial charge in [-0.05, 0) is 34.5 Å². The first kappa shape index (κ1) is 23.9. The van der Waals surface area contributed by atoms with Crippen LogP contribution < -0.4 is 10.1 Å². The molecule has 4 nitrogen and oxygen atoms in total. The van der Waals surface area contributed by atoms with Crippen LogP contribution in [-0.4, -0.2) is 35.0 Å². The van der Waals surface area contributed by atoms with E-state index in [2.05, 4.69) is 31.2 Å². The number of aromatic nitrogens is 2. The first-order chi connectivity index (χ1) is 13.6. The number of nitrogens with zero attached hydrogens (tertiary/aromatic N) is 2. The number of anilines is 1. The molecule has 2 aromatic rings. The maximum Gasteiger partial charge on any atom is 0.398 e. The summed E-state index contributed by atoms with van der Waals surface area (Å²) in [6, 6.07) is 2.00. The van der Waals surface area contributed by atoms with Gasteiger partial charge in [-0.25, -0.2) is 23.1 Å². The highest BCUT2D eigenvalue weighted by molar-refractivity contribution is 9.10. The number of rotatable bonds is 9. The Morgan fingerprint density at radius 3 is 2.62 bits per heavy atom. The fourth-order valence-corrected chi connectivity index (χ4v) is 3.55. The van der Waals surface area contributed by atoms with Crippen LogP contribution in [0.25, 0.3) is 0 Å². The molecule has 0 saturated heterocycles. The van der Waals surface area contributed by atoms with Crippen molar-refractivity contribution in [3.8, 4) is 5.75 Å². The van der Waals surface area contributed by atoms with Crippen LogP contribution in [-0.2, 0) is 0 Å². The van der Waals surface area contributed by atoms with E-state index in [9.17, 15) is 26.3 Å². The molecule has 29 heavy (non-hydrogen) atoms. The SMILES string of the molecule is Fc1cc(Cl)c(SCC(F)(F)F)cc1OCCCNc1ncnc(C(F)F)c1Br. The second-order valence-corrected chi connectivity index (χ2v) is 7.69. The van der Waals surface area contributed by atoms with E-state index in [1.807, 2.05) is 0 Å². The molecule has 0 aliphatic carbocycles. The van der Waals surface area contributed by atoms with E-state index in [1.165, 1.54) is 0 Å². The molecule has 0 saturated carbocycles. The predicted octanol–water partition coefficient (Wildman–Crippen LogP) is 6.50. The molecule has 0 atom stereocenters. The molecule has 0 fully saturated rings. The summed E-state index contributed by atoms with van der Waals surface area (Å²) in [5.41, 5.74) is -0.453. The number of ether oxygens (including phenoxy) is 1. The van der Waals surface area contributed by atoms with E-state index in [4.69, 9.17) is 16.3 Å². The summed E-state index contributed by atoms with van der Waals surface area (Å²) in [5, 5.41) is 2.67. The molecule has 1 aromatic heterocycles. The van der Waals surface area contributed by atoms with E-state index in [-0.39, 0.29) is 39.1 Å². The predicted molar refractivity (Wildman–Crippen MR) is 101 cm³/mol. The maximum absolute atomic E-state index is 13.9. The second kappa shape index (κ2) is 10.6. The molecule has 0 aliphatic rings. The average Bonchev–Trinajstić information content (AvgIpc) is 2.62. The van der Waals surface area contributed by atoms with E-state index in [0.717, 1.165) is 18.5 Å². The van der Waals surface area contributed by atoms with Crippen molar-refractivity contribution < 1.29 is 31.1 Å². The van der Waals surface area contributed by atoms with Crippen LogP contribution in [0.3, 0.4) is 0 Å². The molecule has 1 N–H and O–H groups in total. The van der Waals surface area contributed by atoms with Gasteiger partial charge >= 0.3 is 6.18 Å². The zero-order valence-electron chi connectivity index (χ0n) is 14.4. The molecular weight excluding hydrogens is 512 g/mol. The minimum atomic E-state index is -4.39. The van der Waals surface area contributed by atoms with Crippen LogP contribution in [0.5, 0.6) is 5.75 Å². The minimum Gasteiger partial charge on any atom is -0.490 e. The summed E-state index contributed by atoms with van der Waals surface area (Å²) >= 11 is 9.19. The fraction of sp³-hybridized carbons (Fsp3) is 0.375. The Labute approximate surface area is 179 Å². The number of halogens is 8. The third-order valence-corrected chi connectivity index (χ3v) is 5.60. The molecular formula is C16H13BrClF6N3OS. The van der Waals surface area contributed by atoms with Crippen LogP contribution in [0.4, 0.5) is 32.2 Å². The van der Waals surface area contributed by atoms with Crippen LogP contribution >= 0.6 is 39.3 Å². The number of hydrogen-bond acceptors (Lipinski definition) is 5. The number of hydrogen-bond donors (Lipinski definition) is 1. The highest BCUT2D eigenvalue weighted by atomic mass is 79.9. The van der Waals surface area contributed by atoms with Crippen molar-refractivity contribution in [2.24, 2.45) is 0 Å². The van der Waals surface area contributed by atoms with Gasteiger partial charge < -0.3 is 10.1 Å². The third kappa shape index (κ3) is 7.41. The first-order valence-corrected chi connectivity index (χ1v) is 10.1. The van der Waals surface area contributed by atoms with E-state index >= 15 is 0 Å². The summed E-state index contributed by atoms with van der Waals surface area (Å²) in [6.45, 7) is 0.266.